The van der Waals surface area contributed by atoms with Crippen molar-refractivity contribution in [3.8, 4) is 0 Å². The second kappa shape index (κ2) is 9.88. The van der Waals surface area contributed by atoms with Gasteiger partial charge in [0.25, 0.3) is 0 Å². The molecule has 0 saturated carbocycles. The number of hydrogen-bond acceptors (Lipinski definition) is 7. The van der Waals surface area contributed by atoms with Gasteiger partial charge < -0.3 is 9.47 Å². The van der Waals surface area contributed by atoms with Crippen LogP contribution in [0.1, 0.15) is 19.4 Å². The van der Waals surface area contributed by atoms with Crippen LogP contribution in [0.5, 0.6) is 0 Å². The Balaban J connectivity index is 3.23. The van der Waals surface area contributed by atoms with Crippen LogP contribution in [0.25, 0.3) is 0 Å². The maximum Gasteiger partial charge on any atom is 0.347 e. The van der Waals surface area contributed by atoms with Crippen molar-refractivity contribution in [2.24, 2.45) is 4.99 Å². The van der Waals surface area contributed by atoms with Crippen LogP contribution in [0, 0.1) is 10.1 Å². The number of nitro groups is 1. The zero-order valence-corrected chi connectivity index (χ0v) is 13.4. The summed E-state index contributed by atoms with van der Waals surface area (Å²) in [4.78, 5) is 37.9. The van der Waals surface area contributed by atoms with Gasteiger partial charge in [0, 0.05) is 16.7 Å². The third kappa shape index (κ3) is 5.99. The van der Waals surface area contributed by atoms with Gasteiger partial charge in [0.2, 0.25) is 6.54 Å². The average Bonchev–Trinajstić information content (AvgIpc) is 2.55. The van der Waals surface area contributed by atoms with Crippen molar-refractivity contribution < 1.29 is 24.0 Å². The molecule has 0 saturated heterocycles. The Hall–Kier alpha value is -3.03. The van der Waals surface area contributed by atoms with Crippen molar-refractivity contribution in [3.63, 3.8) is 0 Å². The van der Waals surface area contributed by atoms with Gasteiger partial charge >= 0.3 is 11.9 Å². The van der Waals surface area contributed by atoms with Crippen molar-refractivity contribution in [1.29, 1.82) is 0 Å². The summed E-state index contributed by atoms with van der Waals surface area (Å²) in [5, 5.41) is 10.8. The van der Waals surface area contributed by atoms with E-state index >= 15 is 0 Å². The summed E-state index contributed by atoms with van der Waals surface area (Å²) in [5.74, 6) is -1.79. The first kappa shape index (κ1) is 19.0. The van der Waals surface area contributed by atoms with Crippen molar-refractivity contribution >= 4 is 17.7 Å². The van der Waals surface area contributed by atoms with Crippen LogP contribution in [-0.2, 0) is 19.1 Å². The predicted octanol–water partition coefficient (Wildman–Crippen LogP) is 1.76. The van der Waals surface area contributed by atoms with Gasteiger partial charge in [-0.15, -0.1) is 0 Å². The highest BCUT2D eigenvalue weighted by molar-refractivity contribution is 6.14. The van der Waals surface area contributed by atoms with E-state index in [0.29, 0.717) is 5.56 Å². The highest BCUT2D eigenvalue weighted by atomic mass is 16.6. The van der Waals surface area contributed by atoms with E-state index in [1.807, 2.05) is 0 Å². The molecular formula is C16H18N2O6. The lowest BCUT2D eigenvalue weighted by Gasteiger charge is -2.06. The number of hydrogen-bond donors (Lipinski definition) is 0. The van der Waals surface area contributed by atoms with Crippen LogP contribution >= 0.6 is 0 Å². The summed E-state index contributed by atoms with van der Waals surface area (Å²) in [6.45, 7) is 2.76. The molecule has 0 aliphatic carbocycles. The quantitative estimate of drug-likeness (QED) is 0.136. The van der Waals surface area contributed by atoms with Crippen LogP contribution in [0.15, 0.2) is 47.1 Å². The van der Waals surface area contributed by atoms with Gasteiger partial charge in [-0.1, -0.05) is 30.3 Å². The van der Waals surface area contributed by atoms with Gasteiger partial charge in [-0.2, -0.15) is 0 Å². The van der Waals surface area contributed by atoms with E-state index in [0.717, 1.165) is 6.20 Å². The van der Waals surface area contributed by atoms with Crippen molar-refractivity contribution in [1.82, 2.24) is 0 Å². The monoisotopic (exact) mass is 334 g/mol. The number of esters is 2. The molecule has 0 spiro atoms. The zero-order valence-electron chi connectivity index (χ0n) is 13.4. The van der Waals surface area contributed by atoms with E-state index in [1.165, 1.54) is 0 Å². The number of benzene rings is 1. The van der Waals surface area contributed by atoms with Gasteiger partial charge in [0.1, 0.15) is 5.71 Å². The smallest absolute Gasteiger partial charge is 0.347 e. The van der Waals surface area contributed by atoms with Crippen molar-refractivity contribution in [2.75, 3.05) is 19.8 Å². The Bertz CT molecular complexity index is 632. The predicted molar refractivity (Wildman–Crippen MR) is 86.2 cm³/mol. The number of carbonyl (C=O) groups excluding carboxylic acids is 2. The number of rotatable bonds is 8. The lowest BCUT2D eigenvalue weighted by molar-refractivity contribution is -0.462. The Morgan fingerprint density at radius 1 is 1.12 bits per heavy atom. The molecule has 0 unspecified atom stereocenters. The van der Waals surface area contributed by atoms with Crippen molar-refractivity contribution in [3.05, 3.63) is 57.8 Å². The molecule has 1 rings (SSSR count). The molecule has 128 valence electrons. The number of ether oxygens (including phenoxy) is 2. The van der Waals surface area contributed by atoms with E-state index in [2.05, 4.69) is 4.99 Å². The minimum absolute atomic E-state index is 0.0692. The Kier molecular flexibility index (Phi) is 7.83. The molecule has 1 aromatic carbocycles. The molecule has 0 fully saturated rings. The van der Waals surface area contributed by atoms with Gasteiger partial charge in [-0.3, -0.25) is 15.1 Å². The molecule has 0 atom stereocenters. The summed E-state index contributed by atoms with van der Waals surface area (Å²) in [5.41, 5.74) is 0.194. The van der Waals surface area contributed by atoms with Crippen LogP contribution in [0.2, 0.25) is 0 Å². The summed E-state index contributed by atoms with van der Waals surface area (Å²) >= 11 is 0. The molecule has 0 aromatic heterocycles. The molecule has 1 aromatic rings. The fourth-order valence-electron chi connectivity index (χ4n) is 1.71. The van der Waals surface area contributed by atoms with E-state index in [1.54, 1.807) is 44.2 Å². The molecule has 0 radical (unpaired) electrons. The third-order valence-electron chi connectivity index (χ3n) is 2.73. The van der Waals surface area contributed by atoms with E-state index in [9.17, 15) is 19.7 Å². The highest BCUT2D eigenvalue weighted by Gasteiger charge is 2.21. The topological polar surface area (TPSA) is 108 Å². The zero-order chi connectivity index (χ0) is 17.9. The molecular weight excluding hydrogens is 316 g/mol. The molecule has 0 bridgehead atoms. The largest absolute Gasteiger partial charge is 0.462 e. The molecule has 0 aliphatic heterocycles. The summed E-state index contributed by atoms with van der Waals surface area (Å²) < 4.78 is 9.56. The highest BCUT2D eigenvalue weighted by Crippen LogP contribution is 2.07. The Morgan fingerprint density at radius 2 is 1.67 bits per heavy atom. The average molecular weight is 334 g/mol. The van der Waals surface area contributed by atoms with Crippen LogP contribution in [0.4, 0.5) is 0 Å². The maximum atomic E-state index is 11.8. The van der Waals surface area contributed by atoms with E-state index < -0.39 is 29.0 Å². The Labute approximate surface area is 138 Å². The normalized spacial score (nSPS) is 10.7. The third-order valence-corrected chi connectivity index (χ3v) is 2.73. The number of nitrogens with zero attached hydrogens (tertiary/aromatic N) is 2. The molecule has 0 heterocycles. The fraction of sp³-hybridized carbons (Fsp3) is 0.312. The first-order valence-electron chi connectivity index (χ1n) is 7.27. The summed E-state index contributed by atoms with van der Waals surface area (Å²) in [7, 11) is 0. The fourth-order valence-corrected chi connectivity index (χ4v) is 1.71. The lowest BCUT2D eigenvalue weighted by atomic mass is 10.1. The Morgan fingerprint density at radius 3 is 2.12 bits per heavy atom. The van der Waals surface area contributed by atoms with Crippen molar-refractivity contribution in [2.45, 2.75) is 13.8 Å². The minimum Gasteiger partial charge on any atom is -0.462 e. The first-order chi connectivity index (χ1) is 11.5. The van der Waals surface area contributed by atoms with Gasteiger partial charge in [-0.05, 0) is 13.8 Å². The molecule has 0 N–H and O–H groups in total. The number of aliphatic imine (C=N–C) groups is 1. The molecule has 0 aliphatic rings. The minimum atomic E-state index is -0.895. The SMILES string of the molecule is CCOC(=O)C(=CN=C(C[N+](=O)[O-])c1ccccc1)C(=O)OCC. The van der Waals surface area contributed by atoms with E-state index in [4.69, 9.17) is 9.47 Å². The standard InChI is InChI=1S/C16H18N2O6/c1-3-23-15(19)13(16(20)24-4-2)10-17-14(11-18(21)22)12-8-6-5-7-9-12/h5-10H,3-4,11H2,1-2H3. The van der Waals surface area contributed by atoms with Crippen LogP contribution < -0.4 is 0 Å². The molecule has 0 amide bonds. The second-order valence-corrected chi connectivity index (χ2v) is 4.42. The number of carbonyl (C=O) groups is 2. The van der Waals surface area contributed by atoms with E-state index in [-0.39, 0.29) is 18.9 Å². The van der Waals surface area contributed by atoms with Crippen LogP contribution in [-0.4, -0.2) is 42.3 Å². The molecule has 8 nitrogen and oxygen atoms in total. The second-order valence-electron chi connectivity index (χ2n) is 4.42. The lowest BCUT2D eigenvalue weighted by Crippen LogP contribution is -2.19. The first-order valence-corrected chi connectivity index (χ1v) is 7.27. The molecule has 24 heavy (non-hydrogen) atoms. The van der Waals surface area contributed by atoms with Gasteiger partial charge in [-0.25, -0.2) is 9.59 Å². The summed E-state index contributed by atoms with van der Waals surface area (Å²) in [6, 6.07) is 8.44. The molecule has 8 heteroatoms. The van der Waals surface area contributed by atoms with Crippen LogP contribution in [0.3, 0.4) is 0 Å². The van der Waals surface area contributed by atoms with Gasteiger partial charge in [0.05, 0.1) is 13.2 Å². The maximum absolute atomic E-state index is 11.8. The summed E-state index contributed by atoms with van der Waals surface area (Å²) in [6.07, 6.45) is 0.946. The van der Waals surface area contributed by atoms with Gasteiger partial charge in [0.15, 0.2) is 5.57 Å².